The Morgan fingerprint density at radius 3 is 2.78 bits per heavy atom. The number of amides is 1. The van der Waals surface area contributed by atoms with Gasteiger partial charge in [0.15, 0.2) is 5.13 Å². The number of para-hydroxylation sites is 1. The molecule has 4 aromatic rings. The molecule has 2 aromatic carbocycles. The smallest absolute Gasteiger partial charge is 0.260 e. The molecule has 0 aliphatic heterocycles. The number of unbranched alkanes of at least 4 members (excludes halogenated alkanes) is 1. The summed E-state index contributed by atoms with van der Waals surface area (Å²) in [5.74, 6) is 1.23. The summed E-state index contributed by atoms with van der Waals surface area (Å²) in [6.07, 6.45) is 5.51. The number of hydrogen-bond acceptors (Lipinski definition) is 6. The van der Waals surface area contributed by atoms with Crippen LogP contribution in [0.1, 0.15) is 35.7 Å². The van der Waals surface area contributed by atoms with Gasteiger partial charge in [0.05, 0.1) is 25.0 Å². The van der Waals surface area contributed by atoms with Gasteiger partial charge in [-0.3, -0.25) is 14.7 Å². The quantitative estimate of drug-likeness (QED) is 0.307. The first-order chi connectivity index (χ1) is 15.7. The van der Waals surface area contributed by atoms with Crippen LogP contribution in [0.15, 0.2) is 67.0 Å². The van der Waals surface area contributed by atoms with Crippen molar-refractivity contribution in [3.8, 4) is 11.5 Å². The van der Waals surface area contributed by atoms with Crippen LogP contribution in [0, 0.1) is 0 Å². The predicted octanol–water partition coefficient (Wildman–Crippen LogP) is 5.73. The maximum atomic E-state index is 13.6. The summed E-state index contributed by atoms with van der Waals surface area (Å²) in [7, 11) is 1.62. The van der Waals surface area contributed by atoms with Gasteiger partial charge in [0.25, 0.3) is 5.91 Å². The molecule has 0 aliphatic rings. The second kappa shape index (κ2) is 10.2. The molecule has 0 fully saturated rings. The van der Waals surface area contributed by atoms with Gasteiger partial charge in [0.2, 0.25) is 0 Å². The second-order valence-electron chi connectivity index (χ2n) is 7.29. The maximum Gasteiger partial charge on any atom is 0.260 e. The number of aromatic nitrogens is 2. The average Bonchev–Trinajstić information content (AvgIpc) is 3.27. The number of hydrogen-bond donors (Lipinski definition) is 0. The van der Waals surface area contributed by atoms with Crippen molar-refractivity contribution in [2.45, 2.75) is 26.3 Å². The third-order valence-electron chi connectivity index (χ3n) is 4.98. The molecule has 0 atom stereocenters. The van der Waals surface area contributed by atoms with E-state index in [1.165, 1.54) is 11.3 Å². The molecule has 7 heteroatoms. The first-order valence-corrected chi connectivity index (χ1v) is 11.4. The number of fused-ring (bicyclic) bond motifs is 1. The van der Waals surface area contributed by atoms with Crippen LogP contribution >= 0.6 is 11.3 Å². The lowest BCUT2D eigenvalue weighted by molar-refractivity contribution is 0.0984. The van der Waals surface area contributed by atoms with Crippen molar-refractivity contribution in [2.75, 3.05) is 18.6 Å². The molecule has 164 valence electrons. The summed E-state index contributed by atoms with van der Waals surface area (Å²) >= 11 is 1.46. The summed E-state index contributed by atoms with van der Waals surface area (Å²) in [5.41, 5.74) is 2.21. The SMILES string of the molecule is CCCCOc1cccc(C(=O)N(Cc2cccnc2)c2nc3c(OC)cccc3s2)c1. The summed E-state index contributed by atoms with van der Waals surface area (Å²) in [6.45, 7) is 3.10. The van der Waals surface area contributed by atoms with Crippen LogP contribution in [-0.4, -0.2) is 29.6 Å². The van der Waals surface area contributed by atoms with E-state index in [1.807, 2.05) is 42.5 Å². The molecule has 0 radical (unpaired) electrons. The molecule has 2 heterocycles. The summed E-state index contributed by atoms with van der Waals surface area (Å²) < 4.78 is 12.2. The molecule has 0 bridgehead atoms. The first-order valence-electron chi connectivity index (χ1n) is 10.6. The number of anilines is 1. The molecule has 0 saturated carbocycles. The lowest BCUT2D eigenvalue weighted by Crippen LogP contribution is -2.30. The predicted molar refractivity (Wildman–Crippen MR) is 128 cm³/mol. The zero-order valence-electron chi connectivity index (χ0n) is 18.2. The van der Waals surface area contributed by atoms with Gasteiger partial charge in [-0.15, -0.1) is 0 Å². The maximum absolute atomic E-state index is 13.6. The van der Waals surface area contributed by atoms with Crippen molar-refractivity contribution in [1.82, 2.24) is 9.97 Å². The van der Waals surface area contributed by atoms with E-state index < -0.39 is 0 Å². The molecule has 32 heavy (non-hydrogen) atoms. The minimum absolute atomic E-state index is 0.146. The van der Waals surface area contributed by atoms with E-state index in [-0.39, 0.29) is 5.91 Å². The van der Waals surface area contributed by atoms with Gasteiger partial charge in [0, 0.05) is 18.0 Å². The fourth-order valence-corrected chi connectivity index (χ4v) is 4.28. The van der Waals surface area contributed by atoms with Crippen LogP contribution in [0.4, 0.5) is 5.13 Å². The van der Waals surface area contributed by atoms with E-state index in [4.69, 9.17) is 14.5 Å². The van der Waals surface area contributed by atoms with Crippen LogP contribution < -0.4 is 14.4 Å². The van der Waals surface area contributed by atoms with E-state index in [0.717, 1.165) is 28.6 Å². The third kappa shape index (κ3) is 4.89. The highest BCUT2D eigenvalue weighted by molar-refractivity contribution is 7.22. The van der Waals surface area contributed by atoms with Gasteiger partial charge in [-0.05, 0) is 48.4 Å². The molecule has 2 aromatic heterocycles. The van der Waals surface area contributed by atoms with Crippen LogP contribution in [0.5, 0.6) is 11.5 Å². The lowest BCUT2D eigenvalue weighted by Gasteiger charge is -2.20. The fraction of sp³-hybridized carbons (Fsp3) is 0.240. The standard InChI is InChI=1S/C25H25N3O3S/c1-3-4-14-31-20-10-5-9-19(15-20)24(29)28(17-18-8-7-13-26-16-18)25-27-23-21(30-2)11-6-12-22(23)32-25/h5-13,15-16H,3-4,14,17H2,1-2H3. The number of rotatable bonds is 9. The molecule has 0 unspecified atom stereocenters. The number of methoxy groups -OCH3 is 1. The van der Waals surface area contributed by atoms with Crippen molar-refractivity contribution < 1.29 is 14.3 Å². The van der Waals surface area contributed by atoms with E-state index in [2.05, 4.69) is 11.9 Å². The number of ether oxygens (including phenoxy) is 2. The minimum atomic E-state index is -0.146. The first kappa shape index (κ1) is 21.8. The van der Waals surface area contributed by atoms with E-state index in [9.17, 15) is 4.79 Å². The summed E-state index contributed by atoms with van der Waals surface area (Å²) in [4.78, 5) is 24.3. The van der Waals surface area contributed by atoms with Gasteiger partial charge in [-0.2, -0.15) is 0 Å². The molecular weight excluding hydrogens is 422 g/mol. The number of benzene rings is 2. The minimum Gasteiger partial charge on any atom is -0.494 e. The Bertz CT molecular complexity index is 1190. The third-order valence-corrected chi connectivity index (χ3v) is 6.02. The Morgan fingerprint density at radius 2 is 2.00 bits per heavy atom. The molecule has 1 amide bonds. The molecular formula is C25H25N3O3S. The van der Waals surface area contributed by atoms with E-state index in [1.54, 1.807) is 36.5 Å². The van der Waals surface area contributed by atoms with Crippen molar-refractivity contribution in [3.05, 3.63) is 78.1 Å². The van der Waals surface area contributed by atoms with Gasteiger partial charge in [0.1, 0.15) is 17.0 Å². The Labute approximate surface area is 191 Å². The van der Waals surface area contributed by atoms with E-state index >= 15 is 0 Å². The van der Waals surface area contributed by atoms with Crippen molar-refractivity contribution in [3.63, 3.8) is 0 Å². The molecule has 0 aliphatic carbocycles. The fourth-order valence-electron chi connectivity index (χ4n) is 3.30. The zero-order valence-corrected chi connectivity index (χ0v) is 19.0. The summed E-state index contributed by atoms with van der Waals surface area (Å²) in [5, 5.41) is 0.607. The number of nitrogens with zero attached hydrogens (tertiary/aromatic N) is 3. The van der Waals surface area contributed by atoms with Crippen molar-refractivity contribution in [2.24, 2.45) is 0 Å². The summed E-state index contributed by atoms with van der Waals surface area (Å²) in [6, 6.07) is 16.9. The molecule has 4 rings (SSSR count). The van der Waals surface area contributed by atoms with Gasteiger partial charge >= 0.3 is 0 Å². The van der Waals surface area contributed by atoms with Crippen LogP contribution in [-0.2, 0) is 6.54 Å². The lowest BCUT2D eigenvalue weighted by atomic mass is 10.1. The molecule has 0 saturated heterocycles. The highest BCUT2D eigenvalue weighted by atomic mass is 32.1. The number of carbonyl (C=O) groups excluding carboxylic acids is 1. The van der Waals surface area contributed by atoms with Gasteiger partial charge < -0.3 is 9.47 Å². The molecule has 0 N–H and O–H groups in total. The van der Waals surface area contributed by atoms with Crippen LogP contribution in [0.25, 0.3) is 10.2 Å². The number of carbonyl (C=O) groups is 1. The highest BCUT2D eigenvalue weighted by Crippen LogP contribution is 2.35. The Morgan fingerprint density at radius 1 is 1.12 bits per heavy atom. The molecule has 6 nitrogen and oxygen atoms in total. The zero-order chi connectivity index (χ0) is 22.3. The van der Waals surface area contributed by atoms with E-state index in [0.29, 0.717) is 35.3 Å². The van der Waals surface area contributed by atoms with Crippen molar-refractivity contribution in [1.29, 1.82) is 0 Å². The van der Waals surface area contributed by atoms with Crippen LogP contribution in [0.2, 0.25) is 0 Å². The average molecular weight is 448 g/mol. The second-order valence-corrected chi connectivity index (χ2v) is 8.29. The Kier molecular flexibility index (Phi) is 6.97. The van der Waals surface area contributed by atoms with Crippen LogP contribution in [0.3, 0.4) is 0 Å². The van der Waals surface area contributed by atoms with Gasteiger partial charge in [-0.1, -0.05) is 42.9 Å². The Balaban J connectivity index is 1.70. The monoisotopic (exact) mass is 447 g/mol. The van der Waals surface area contributed by atoms with Gasteiger partial charge in [-0.25, -0.2) is 4.98 Å². The largest absolute Gasteiger partial charge is 0.494 e. The number of pyridine rings is 1. The normalized spacial score (nSPS) is 10.8. The molecule has 0 spiro atoms. The highest BCUT2D eigenvalue weighted by Gasteiger charge is 2.23. The Hall–Kier alpha value is -3.45. The number of thiazole rings is 1. The topological polar surface area (TPSA) is 64.5 Å². The van der Waals surface area contributed by atoms with Crippen molar-refractivity contribution >= 4 is 32.6 Å².